The fraction of sp³-hybridized carbons (Fsp3) is 0. The molecule has 0 heterocycles. The first-order valence-electron chi connectivity index (χ1n) is 2.97. The molecule has 0 atom stereocenters. The minimum Gasteiger partial charge on any atom is -0.744 e. The summed E-state index contributed by atoms with van der Waals surface area (Å²) in [6, 6.07) is 2.31. The van der Waals surface area contributed by atoms with Gasteiger partial charge in [-0.25, -0.2) is 8.42 Å². The van der Waals surface area contributed by atoms with Crippen LogP contribution in [0.5, 0.6) is 5.75 Å². The van der Waals surface area contributed by atoms with Crippen LogP contribution in [0.2, 0.25) is 10.0 Å². The van der Waals surface area contributed by atoms with Crippen molar-refractivity contribution in [2.24, 2.45) is 0 Å². The van der Waals surface area contributed by atoms with Gasteiger partial charge in [0.1, 0.15) is 15.0 Å². The number of phenolic OH excluding ortho intramolecular Hbond substituents is 1. The molecule has 0 aliphatic rings. The van der Waals surface area contributed by atoms with E-state index in [0.717, 1.165) is 6.07 Å². The van der Waals surface area contributed by atoms with Crippen LogP contribution >= 0.6 is 23.2 Å². The zero-order chi connectivity index (χ0) is 10.2. The maximum Gasteiger partial charge on any atom is 0.153 e. The van der Waals surface area contributed by atoms with Gasteiger partial charge in [-0.15, -0.1) is 0 Å². The molecule has 0 aliphatic heterocycles. The van der Waals surface area contributed by atoms with Crippen molar-refractivity contribution in [3.05, 3.63) is 22.2 Å². The number of phenols is 1. The Morgan fingerprint density at radius 3 is 2.08 bits per heavy atom. The third-order valence-electron chi connectivity index (χ3n) is 1.28. The van der Waals surface area contributed by atoms with Crippen molar-refractivity contribution in [2.75, 3.05) is 0 Å². The summed E-state index contributed by atoms with van der Waals surface area (Å²) in [5.41, 5.74) is 0. The normalized spacial score (nSPS) is 11.6. The lowest BCUT2D eigenvalue weighted by molar-refractivity contribution is 0.435. The molecular formula is C6H3Cl2O4S-. The molecule has 0 radical (unpaired) electrons. The van der Waals surface area contributed by atoms with Crippen molar-refractivity contribution in [2.45, 2.75) is 4.90 Å². The van der Waals surface area contributed by atoms with Crippen molar-refractivity contribution in [3.63, 3.8) is 0 Å². The summed E-state index contributed by atoms with van der Waals surface area (Å²) in [6.07, 6.45) is 0. The van der Waals surface area contributed by atoms with Crippen LogP contribution in [0.4, 0.5) is 0 Å². The summed E-state index contributed by atoms with van der Waals surface area (Å²) in [6.45, 7) is 0. The van der Waals surface area contributed by atoms with Gasteiger partial charge in [0.25, 0.3) is 0 Å². The molecule has 0 spiro atoms. The number of aromatic hydroxyl groups is 1. The monoisotopic (exact) mass is 241 g/mol. The number of rotatable bonds is 1. The average Bonchev–Trinajstić information content (AvgIpc) is 1.95. The first-order valence-corrected chi connectivity index (χ1v) is 5.13. The van der Waals surface area contributed by atoms with E-state index in [9.17, 15) is 13.0 Å². The molecule has 0 unspecified atom stereocenters. The Hall–Kier alpha value is -0.490. The molecule has 1 rings (SSSR count). The predicted molar refractivity (Wildman–Crippen MR) is 46.1 cm³/mol. The highest BCUT2D eigenvalue weighted by atomic mass is 35.5. The second-order valence-electron chi connectivity index (χ2n) is 2.16. The van der Waals surface area contributed by atoms with E-state index in [1.807, 2.05) is 0 Å². The molecule has 0 fully saturated rings. The third-order valence-corrected chi connectivity index (χ3v) is 2.93. The minimum atomic E-state index is -4.80. The summed E-state index contributed by atoms with van der Waals surface area (Å²) in [5.74, 6) is -0.816. The molecule has 0 saturated carbocycles. The van der Waals surface area contributed by atoms with Crippen LogP contribution in [-0.2, 0) is 10.1 Å². The fourth-order valence-electron chi connectivity index (χ4n) is 0.760. The Morgan fingerprint density at radius 1 is 1.23 bits per heavy atom. The van der Waals surface area contributed by atoms with E-state index in [2.05, 4.69) is 0 Å². The lowest BCUT2D eigenvalue weighted by Gasteiger charge is -2.11. The van der Waals surface area contributed by atoms with Crippen molar-refractivity contribution >= 4 is 33.3 Å². The van der Waals surface area contributed by atoms with Crippen molar-refractivity contribution in [1.82, 2.24) is 0 Å². The zero-order valence-electron chi connectivity index (χ0n) is 5.99. The van der Waals surface area contributed by atoms with Gasteiger partial charge in [-0.05, 0) is 12.1 Å². The van der Waals surface area contributed by atoms with Gasteiger partial charge < -0.3 is 9.66 Å². The topological polar surface area (TPSA) is 77.4 Å². The van der Waals surface area contributed by atoms with Crippen LogP contribution in [0.1, 0.15) is 0 Å². The van der Waals surface area contributed by atoms with E-state index in [4.69, 9.17) is 28.3 Å². The van der Waals surface area contributed by atoms with Crippen LogP contribution in [0.3, 0.4) is 0 Å². The van der Waals surface area contributed by atoms with Gasteiger partial charge in [0, 0.05) is 0 Å². The molecule has 1 aromatic rings. The van der Waals surface area contributed by atoms with Gasteiger partial charge in [0.05, 0.1) is 10.0 Å². The van der Waals surface area contributed by atoms with E-state index in [-0.39, 0.29) is 10.0 Å². The molecule has 4 nitrogen and oxygen atoms in total. The van der Waals surface area contributed by atoms with E-state index < -0.39 is 20.8 Å². The van der Waals surface area contributed by atoms with Crippen molar-refractivity contribution in [3.8, 4) is 5.75 Å². The van der Waals surface area contributed by atoms with Gasteiger partial charge in [0.2, 0.25) is 0 Å². The van der Waals surface area contributed by atoms with Gasteiger partial charge in [-0.1, -0.05) is 23.2 Å². The second-order valence-corrected chi connectivity index (χ2v) is 4.29. The summed E-state index contributed by atoms with van der Waals surface area (Å²) in [5, 5.41) is 8.53. The lowest BCUT2D eigenvalue weighted by Crippen LogP contribution is -2.00. The Bertz CT molecular complexity index is 440. The molecule has 1 N–H and O–H groups in total. The van der Waals surface area contributed by atoms with Gasteiger partial charge in [-0.2, -0.15) is 0 Å². The maximum atomic E-state index is 10.6. The minimum absolute atomic E-state index is 0.237. The van der Waals surface area contributed by atoms with Crippen LogP contribution in [0.15, 0.2) is 17.0 Å². The first kappa shape index (κ1) is 10.6. The largest absolute Gasteiger partial charge is 0.744 e. The molecular weight excluding hydrogens is 239 g/mol. The van der Waals surface area contributed by atoms with Crippen LogP contribution in [0.25, 0.3) is 0 Å². The Labute approximate surface area is 84.5 Å². The number of benzene rings is 1. The number of hydrogen-bond donors (Lipinski definition) is 1. The standard InChI is InChI=1S/C6H4Cl2O4S/c7-3-1-2-4(8)6(5(3)9)13(10,11)12/h1-2,9H,(H,10,11,12)/p-1. The number of hydrogen-bond acceptors (Lipinski definition) is 4. The van der Waals surface area contributed by atoms with E-state index in [1.165, 1.54) is 6.07 Å². The van der Waals surface area contributed by atoms with Crippen LogP contribution in [0, 0.1) is 0 Å². The van der Waals surface area contributed by atoms with Crippen molar-refractivity contribution < 1.29 is 18.1 Å². The van der Waals surface area contributed by atoms with Crippen LogP contribution in [-0.4, -0.2) is 18.1 Å². The van der Waals surface area contributed by atoms with E-state index >= 15 is 0 Å². The molecule has 72 valence electrons. The maximum absolute atomic E-state index is 10.6. The summed E-state index contributed by atoms with van der Waals surface area (Å²) in [4.78, 5) is -0.887. The third kappa shape index (κ3) is 2.05. The van der Waals surface area contributed by atoms with Gasteiger partial charge in [-0.3, -0.25) is 0 Å². The molecule has 0 aliphatic carbocycles. The lowest BCUT2D eigenvalue weighted by atomic mass is 10.3. The van der Waals surface area contributed by atoms with Crippen LogP contribution < -0.4 is 0 Å². The number of halogens is 2. The Kier molecular flexibility index (Phi) is 2.72. The highest BCUT2D eigenvalue weighted by molar-refractivity contribution is 7.86. The van der Waals surface area contributed by atoms with Gasteiger partial charge >= 0.3 is 0 Å². The summed E-state index contributed by atoms with van der Waals surface area (Å²) in [7, 11) is -4.80. The smallest absolute Gasteiger partial charge is 0.153 e. The van der Waals surface area contributed by atoms with E-state index in [0.29, 0.717) is 0 Å². The average molecular weight is 242 g/mol. The highest BCUT2D eigenvalue weighted by Gasteiger charge is 2.15. The van der Waals surface area contributed by atoms with E-state index in [1.54, 1.807) is 0 Å². The summed E-state index contributed by atoms with van der Waals surface area (Å²) < 4.78 is 31.7. The molecule has 0 saturated heterocycles. The molecule has 13 heavy (non-hydrogen) atoms. The first-order chi connectivity index (χ1) is 5.84. The zero-order valence-corrected chi connectivity index (χ0v) is 8.32. The summed E-state index contributed by atoms with van der Waals surface area (Å²) >= 11 is 10.8. The highest BCUT2D eigenvalue weighted by Crippen LogP contribution is 2.35. The predicted octanol–water partition coefficient (Wildman–Crippen LogP) is 1.60. The molecule has 7 heteroatoms. The second kappa shape index (κ2) is 3.34. The quantitative estimate of drug-likeness (QED) is 0.758. The molecule has 0 aromatic heterocycles. The van der Waals surface area contributed by atoms with Crippen molar-refractivity contribution in [1.29, 1.82) is 0 Å². The molecule has 0 bridgehead atoms. The Balaban J connectivity index is 3.62. The van der Waals surface area contributed by atoms with Gasteiger partial charge in [0.15, 0.2) is 5.75 Å². The Morgan fingerprint density at radius 2 is 1.69 bits per heavy atom. The molecule has 1 aromatic carbocycles. The fourth-order valence-corrected chi connectivity index (χ4v) is 2.06. The SMILES string of the molecule is O=S(=O)([O-])c1c(Cl)ccc(Cl)c1O. The molecule has 0 amide bonds.